The lowest BCUT2D eigenvalue weighted by Crippen LogP contribution is -2.44. The summed E-state index contributed by atoms with van der Waals surface area (Å²) in [5.41, 5.74) is 1.70. The number of carboxylic acids is 1. The van der Waals surface area contributed by atoms with Crippen molar-refractivity contribution in [3.63, 3.8) is 0 Å². The summed E-state index contributed by atoms with van der Waals surface area (Å²) in [4.78, 5) is 26.8. The van der Waals surface area contributed by atoms with E-state index in [2.05, 4.69) is 13.8 Å². The summed E-state index contributed by atoms with van der Waals surface area (Å²) >= 11 is 0. The van der Waals surface area contributed by atoms with Crippen molar-refractivity contribution < 1.29 is 14.7 Å². The SMILES string of the molecule is Cc1ccc(N(CC(=O)O)C(=O)N2CC(C)C(C)C2)cc1. The van der Waals surface area contributed by atoms with E-state index in [0.29, 0.717) is 30.6 Å². The Morgan fingerprint density at radius 1 is 1.19 bits per heavy atom. The van der Waals surface area contributed by atoms with E-state index < -0.39 is 5.97 Å². The van der Waals surface area contributed by atoms with Gasteiger partial charge >= 0.3 is 12.0 Å². The molecule has 2 unspecified atom stereocenters. The van der Waals surface area contributed by atoms with E-state index >= 15 is 0 Å². The first-order chi connectivity index (χ1) is 9.88. The van der Waals surface area contributed by atoms with Crippen molar-refractivity contribution in [1.82, 2.24) is 4.90 Å². The average molecular weight is 290 g/mol. The number of benzene rings is 1. The molecule has 21 heavy (non-hydrogen) atoms. The van der Waals surface area contributed by atoms with E-state index in [4.69, 9.17) is 5.11 Å². The van der Waals surface area contributed by atoms with Crippen molar-refractivity contribution in [2.75, 3.05) is 24.5 Å². The second kappa shape index (κ2) is 6.16. The number of aryl methyl sites for hydroxylation is 1. The van der Waals surface area contributed by atoms with Crippen LogP contribution in [0.2, 0.25) is 0 Å². The van der Waals surface area contributed by atoms with Gasteiger partial charge in [0.15, 0.2) is 0 Å². The molecule has 114 valence electrons. The molecule has 2 rings (SSSR count). The van der Waals surface area contributed by atoms with Crippen LogP contribution >= 0.6 is 0 Å². The Balaban J connectivity index is 2.21. The second-order valence-electron chi connectivity index (χ2n) is 5.96. The number of rotatable bonds is 3. The van der Waals surface area contributed by atoms with Crippen molar-refractivity contribution in [1.29, 1.82) is 0 Å². The molecular formula is C16H22N2O3. The highest BCUT2D eigenvalue weighted by Crippen LogP contribution is 2.25. The third-order valence-electron chi connectivity index (χ3n) is 4.13. The zero-order valence-electron chi connectivity index (χ0n) is 12.7. The minimum absolute atomic E-state index is 0.225. The fraction of sp³-hybridized carbons (Fsp3) is 0.500. The zero-order chi connectivity index (χ0) is 15.6. The van der Waals surface area contributed by atoms with Crippen LogP contribution in [0, 0.1) is 18.8 Å². The summed E-state index contributed by atoms with van der Waals surface area (Å²) in [5, 5.41) is 9.08. The topological polar surface area (TPSA) is 60.9 Å². The molecule has 1 heterocycles. The molecule has 1 saturated heterocycles. The summed E-state index contributed by atoms with van der Waals surface area (Å²) in [7, 11) is 0. The number of nitrogens with zero attached hydrogens (tertiary/aromatic N) is 2. The fourth-order valence-electron chi connectivity index (χ4n) is 2.59. The van der Waals surface area contributed by atoms with Crippen LogP contribution in [0.1, 0.15) is 19.4 Å². The van der Waals surface area contributed by atoms with Crippen LogP contribution in [0.4, 0.5) is 10.5 Å². The molecular weight excluding hydrogens is 268 g/mol. The Hall–Kier alpha value is -2.04. The van der Waals surface area contributed by atoms with Gasteiger partial charge in [0.25, 0.3) is 0 Å². The van der Waals surface area contributed by atoms with Crippen LogP contribution < -0.4 is 4.90 Å². The van der Waals surface area contributed by atoms with Gasteiger partial charge in [0, 0.05) is 18.8 Å². The van der Waals surface area contributed by atoms with E-state index in [-0.39, 0.29) is 12.6 Å². The van der Waals surface area contributed by atoms with Crippen LogP contribution in [0.25, 0.3) is 0 Å². The molecule has 0 radical (unpaired) electrons. The maximum Gasteiger partial charge on any atom is 0.325 e. The summed E-state index contributed by atoms with van der Waals surface area (Å²) in [6, 6.07) is 7.12. The van der Waals surface area contributed by atoms with E-state index in [1.165, 1.54) is 4.90 Å². The highest BCUT2D eigenvalue weighted by Gasteiger charge is 2.33. The zero-order valence-corrected chi connectivity index (χ0v) is 12.7. The summed E-state index contributed by atoms with van der Waals surface area (Å²) in [5.74, 6) is -0.124. The maximum atomic E-state index is 12.6. The number of carboxylic acid groups (broad SMARTS) is 1. The van der Waals surface area contributed by atoms with Gasteiger partial charge in [-0.2, -0.15) is 0 Å². The second-order valence-corrected chi connectivity index (χ2v) is 5.96. The number of carbonyl (C=O) groups excluding carboxylic acids is 1. The molecule has 0 bridgehead atoms. The number of likely N-dealkylation sites (tertiary alicyclic amines) is 1. The number of hydrogen-bond acceptors (Lipinski definition) is 2. The van der Waals surface area contributed by atoms with Crippen molar-refractivity contribution >= 4 is 17.7 Å². The lowest BCUT2D eigenvalue weighted by atomic mass is 10.0. The maximum absolute atomic E-state index is 12.6. The average Bonchev–Trinajstić information content (AvgIpc) is 2.76. The van der Waals surface area contributed by atoms with Gasteiger partial charge in [-0.1, -0.05) is 31.5 Å². The molecule has 1 fully saturated rings. The van der Waals surface area contributed by atoms with Gasteiger partial charge in [-0.25, -0.2) is 4.79 Å². The van der Waals surface area contributed by atoms with Crippen molar-refractivity contribution in [3.8, 4) is 0 Å². The Bertz CT molecular complexity index is 517. The van der Waals surface area contributed by atoms with Crippen molar-refractivity contribution in [2.45, 2.75) is 20.8 Å². The normalized spacial score (nSPS) is 21.4. The molecule has 1 aromatic carbocycles. The number of amides is 2. The van der Waals surface area contributed by atoms with Crippen LogP contribution in [0.3, 0.4) is 0 Å². The summed E-state index contributed by atoms with van der Waals surface area (Å²) < 4.78 is 0. The van der Waals surface area contributed by atoms with E-state index in [1.54, 1.807) is 17.0 Å². The Morgan fingerprint density at radius 3 is 2.19 bits per heavy atom. The van der Waals surface area contributed by atoms with Crippen LogP contribution in [0.5, 0.6) is 0 Å². The molecule has 1 aliphatic heterocycles. The Labute approximate surface area is 125 Å². The molecule has 0 aliphatic carbocycles. The molecule has 0 aromatic heterocycles. The number of aliphatic carboxylic acids is 1. The molecule has 1 N–H and O–H groups in total. The van der Waals surface area contributed by atoms with Crippen LogP contribution in [-0.4, -0.2) is 41.6 Å². The lowest BCUT2D eigenvalue weighted by molar-refractivity contribution is -0.135. The molecule has 1 aromatic rings. The Kier molecular flexibility index (Phi) is 4.50. The van der Waals surface area contributed by atoms with Crippen molar-refractivity contribution in [3.05, 3.63) is 29.8 Å². The van der Waals surface area contributed by atoms with Gasteiger partial charge in [-0.3, -0.25) is 9.69 Å². The summed E-state index contributed by atoms with van der Waals surface area (Å²) in [6.45, 7) is 7.23. The largest absolute Gasteiger partial charge is 0.480 e. The number of carbonyl (C=O) groups is 2. The molecule has 5 nitrogen and oxygen atoms in total. The third-order valence-corrected chi connectivity index (χ3v) is 4.13. The van der Waals surface area contributed by atoms with E-state index in [1.807, 2.05) is 19.1 Å². The first kappa shape index (κ1) is 15.4. The van der Waals surface area contributed by atoms with Crippen LogP contribution in [0.15, 0.2) is 24.3 Å². The molecule has 0 saturated carbocycles. The number of anilines is 1. The summed E-state index contributed by atoms with van der Waals surface area (Å²) in [6.07, 6.45) is 0. The smallest absolute Gasteiger partial charge is 0.325 e. The van der Waals surface area contributed by atoms with E-state index in [9.17, 15) is 9.59 Å². The van der Waals surface area contributed by atoms with E-state index in [0.717, 1.165) is 5.56 Å². The minimum atomic E-state index is -1.01. The number of urea groups is 1. The van der Waals surface area contributed by atoms with Gasteiger partial charge < -0.3 is 10.0 Å². The van der Waals surface area contributed by atoms with Crippen LogP contribution in [-0.2, 0) is 4.79 Å². The molecule has 0 spiro atoms. The standard InChI is InChI=1S/C16H22N2O3/c1-11-4-6-14(7-5-11)18(10-15(19)20)16(21)17-8-12(2)13(3)9-17/h4-7,12-13H,8-10H2,1-3H3,(H,19,20). The highest BCUT2D eigenvalue weighted by atomic mass is 16.4. The predicted molar refractivity (Wildman–Crippen MR) is 81.5 cm³/mol. The predicted octanol–water partition coefficient (Wildman–Crippen LogP) is 2.59. The van der Waals surface area contributed by atoms with Gasteiger partial charge in [0.05, 0.1) is 0 Å². The fourth-order valence-corrected chi connectivity index (χ4v) is 2.59. The lowest BCUT2D eigenvalue weighted by Gasteiger charge is -2.27. The highest BCUT2D eigenvalue weighted by molar-refractivity contribution is 5.96. The quantitative estimate of drug-likeness (QED) is 0.930. The van der Waals surface area contributed by atoms with Gasteiger partial charge in [0.1, 0.15) is 6.54 Å². The molecule has 2 amide bonds. The van der Waals surface area contributed by atoms with Gasteiger partial charge in [-0.05, 0) is 30.9 Å². The first-order valence-electron chi connectivity index (χ1n) is 7.23. The van der Waals surface area contributed by atoms with Gasteiger partial charge in [0.2, 0.25) is 0 Å². The monoisotopic (exact) mass is 290 g/mol. The van der Waals surface area contributed by atoms with Gasteiger partial charge in [-0.15, -0.1) is 0 Å². The minimum Gasteiger partial charge on any atom is -0.480 e. The molecule has 2 atom stereocenters. The third kappa shape index (κ3) is 3.54. The molecule has 1 aliphatic rings. The Morgan fingerprint density at radius 2 is 1.71 bits per heavy atom. The van der Waals surface area contributed by atoms with Crippen molar-refractivity contribution in [2.24, 2.45) is 11.8 Å². The molecule has 5 heteroatoms. The first-order valence-corrected chi connectivity index (χ1v) is 7.23. The number of hydrogen-bond donors (Lipinski definition) is 1.